The molecule has 4 aliphatic rings. The topological polar surface area (TPSA) is 91.9 Å². The maximum Gasteiger partial charge on any atom is 0.319 e. The van der Waals surface area contributed by atoms with Crippen molar-refractivity contribution >= 4 is 28.3 Å². The molecule has 3 atom stereocenters. The first-order chi connectivity index (χ1) is 18.1. The molecule has 3 aromatic rings. The Morgan fingerprint density at radius 3 is 2.68 bits per heavy atom. The standard InChI is InChI=1S/C28H32N6O3/c1-33-10-2-3-21(33)15-37-28-31-23-11-17(18-5-9-25-24(12-18)30-26(35)16-36-25)4-8-22(23)27(32-28)34-13-19-6-7-20(14-34)29-19/h4-5,8-9,11-12,19-21,29H,2-3,6-7,10,13-16H2,1H3,(H,30,35)/t19-,20+,21-/m0/s1. The molecule has 0 radical (unpaired) electrons. The zero-order chi connectivity index (χ0) is 24.9. The number of hydrogen-bond donors (Lipinski definition) is 2. The van der Waals surface area contributed by atoms with E-state index < -0.39 is 0 Å². The van der Waals surface area contributed by atoms with Gasteiger partial charge in [-0.25, -0.2) is 0 Å². The average Bonchev–Trinajstić information content (AvgIpc) is 3.49. The number of aromatic nitrogens is 2. The number of piperazine rings is 1. The summed E-state index contributed by atoms with van der Waals surface area (Å²) in [7, 11) is 2.16. The summed E-state index contributed by atoms with van der Waals surface area (Å²) < 4.78 is 11.8. The Kier molecular flexibility index (Phi) is 5.62. The fourth-order valence-electron chi connectivity index (χ4n) is 6.17. The van der Waals surface area contributed by atoms with Gasteiger partial charge in [-0.3, -0.25) is 4.79 Å². The number of ether oxygens (including phenoxy) is 2. The van der Waals surface area contributed by atoms with E-state index in [0.717, 1.165) is 53.9 Å². The monoisotopic (exact) mass is 500 g/mol. The third-order valence-electron chi connectivity index (χ3n) is 8.19. The van der Waals surface area contributed by atoms with Crippen molar-refractivity contribution in [3.63, 3.8) is 0 Å². The number of anilines is 2. The number of fused-ring (bicyclic) bond motifs is 4. The second-order valence-corrected chi connectivity index (χ2v) is 10.7. The highest BCUT2D eigenvalue weighted by Crippen LogP contribution is 2.36. The number of carbonyl (C=O) groups is 1. The molecule has 192 valence electrons. The van der Waals surface area contributed by atoms with Crippen LogP contribution in [0.4, 0.5) is 11.5 Å². The lowest BCUT2D eigenvalue weighted by Gasteiger charge is -2.34. The summed E-state index contributed by atoms with van der Waals surface area (Å²) in [6.07, 6.45) is 4.77. The maximum absolute atomic E-state index is 11.8. The van der Waals surface area contributed by atoms with Crippen molar-refractivity contribution in [1.82, 2.24) is 20.2 Å². The molecule has 9 nitrogen and oxygen atoms in total. The number of rotatable bonds is 5. The SMILES string of the molecule is CN1CCC[C@H]1COc1nc(N2C[C@H]3CC[C@@H](C2)N3)c2ccc(-c3ccc4c(c3)NC(=O)CO4)cc2n1. The maximum atomic E-state index is 11.8. The smallest absolute Gasteiger partial charge is 0.319 e. The molecule has 0 spiro atoms. The Morgan fingerprint density at radius 1 is 1.05 bits per heavy atom. The molecule has 5 heterocycles. The van der Waals surface area contributed by atoms with E-state index in [0.29, 0.717) is 42.2 Å². The van der Waals surface area contributed by atoms with E-state index in [1.54, 1.807) is 0 Å². The van der Waals surface area contributed by atoms with Crippen LogP contribution in [0.2, 0.25) is 0 Å². The summed E-state index contributed by atoms with van der Waals surface area (Å²) in [6, 6.07) is 14.1. The number of nitrogens with zero attached hydrogens (tertiary/aromatic N) is 4. The fourth-order valence-corrected chi connectivity index (χ4v) is 6.17. The lowest BCUT2D eigenvalue weighted by atomic mass is 10.0. The van der Waals surface area contributed by atoms with Crippen molar-refractivity contribution in [2.75, 3.05) is 50.1 Å². The normalized spacial score (nSPS) is 25.2. The number of nitrogens with one attached hydrogen (secondary N) is 2. The lowest BCUT2D eigenvalue weighted by Crippen LogP contribution is -2.51. The first-order valence-corrected chi connectivity index (χ1v) is 13.3. The Balaban J connectivity index is 1.26. The molecule has 1 aromatic heterocycles. The van der Waals surface area contributed by atoms with Crippen LogP contribution in [-0.2, 0) is 4.79 Å². The molecule has 2 aromatic carbocycles. The average molecular weight is 501 g/mol. The largest absolute Gasteiger partial charge is 0.482 e. The van der Waals surface area contributed by atoms with Crippen LogP contribution in [0.5, 0.6) is 11.8 Å². The van der Waals surface area contributed by atoms with Crippen LogP contribution in [0, 0.1) is 0 Å². The van der Waals surface area contributed by atoms with E-state index in [2.05, 4.69) is 45.7 Å². The quantitative estimate of drug-likeness (QED) is 0.553. The molecule has 2 bridgehead atoms. The summed E-state index contributed by atoms with van der Waals surface area (Å²) in [6.45, 7) is 3.64. The van der Waals surface area contributed by atoms with E-state index in [1.807, 2.05) is 18.2 Å². The van der Waals surface area contributed by atoms with Gasteiger partial charge in [0.25, 0.3) is 5.91 Å². The minimum absolute atomic E-state index is 0.0508. The highest BCUT2D eigenvalue weighted by Gasteiger charge is 2.34. The highest BCUT2D eigenvalue weighted by molar-refractivity contribution is 5.97. The first-order valence-electron chi connectivity index (χ1n) is 13.3. The van der Waals surface area contributed by atoms with Gasteiger partial charge in [0.15, 0.2) is 6.61 Å². The molecule has 9 heteroatoms. The zero-order valence-electron chi connectivity index (χ0n) is 21.1. The second-order valence-electron chi connectivity index (χ2n) is 10.7. The highest BCUT2D eigenvalue weighted by atomic mass is 16.5. The molecule has 7 rings (SSSR count). The summed E-state index contributed by atoms with van der Waals surface area (Å²) in [5.74, 6) is 1.51. The third kappa shape index (κ3) is 4.36. The molecule has 1 amide bonds. The molecule has 4 aliphatic heterocycles. The lowest BCUT2D eigenvalue weighted by molar-refractivity contribution is -0.118. The predicted molar refractivity (Wildman–Crippen MR) is 142 cm³/mol. The van der Waals surface area contributed by atoms with Crippen LogP contribution in [0.25, 0.3) is 22.0 Å². The van der Waals surface area contributed by atoms with Crippen molar-refractivity contribution in [2.24, 2.45) is 0 Å². The van der Waals surface area contributed by atoms with Crippen LogP contribution in [0.15, 0.2) is 36.4 Å². The van der Waals surface area contributed by atoms with Crippen molar-refractivity contribution in [3.8, 4) is 22.9 Å². The number of benzene rings is 2. The Hall–Kier alpha value is -3.43. The number of likely N-dealkylation sites (N-methyl/N-ethyl adjacent to an activating group) is 1. The van der Waals surface area contributed by atoms with Crippen LogP contribution in [0.1, 0.15) is 25.7 Å². The molecule has 0 saturated carbocycles. The number of carbonyl (C=O) groups excluding carboxylic acids is 1. The van der Waals surface area contributed by atoms with Gasteiger partial charge in [0.2, 0.25) is 0 Å². The van der Waals surface area contributed by atoms with E-state index in [9.17, 15) is 4.79 Å². The minimum atomic E-state index is -0.139. The summed E-state index contributed by atoms with van der Waals surface area (Å²) in [5, 5.41) is 7.65. The number of likely N-dealkylation sites (tertiary alicyclic amines) is 1. The van der Waals surface area contributed by atoms with Gasteiger partial charge in [-0.05, 0) is 74.7 Å². The molecule has 3 saturated heterocycles. The van der Waals surface area contributed by atoms with Gasteiger partial charge in [0, 0.05) is 36.6 Å². The number of amides is 1. The van der Waals surface area contributed by atoms with Crippen molar-refractivity contribution in [2.45, 2.75) is 43.8 Å². The Morgan fingerprint density at radius 2 is 1.86 bits per heavy atom. The van der Waals surface area contributed by atoms with E-state index in [4.69, 9.17) is 19.4 Å². The first kappa shape index (κ1) is 22.7. The molecule has 3 fully saturated rings. The molecule has 2 N–H and O–H groups in total. The molecular weight excluding hydrogens is 468 g/mol. The van der Waals surface area contributed by atoms with Crippen LogP contribution in [0.3, 0.4) is 0 Å². The van der Waals surface area contributed by atoms with Crippen LogP contribution < -0.4 is 25.0 Å². The van der Waals surface area contributed by atoms with Crippen LogP contribution >= 0.6 is 0 Å². The van der Waals surface area contributed by atoms with Gasteiger partial charge in [0.05, 0.1) is 11.2 Å². The molecule has 37 heavy (non-hydrogen) atoms. The summed E-state index contributed by atoms with van der Waals surface area (Å²) >= 11 is 0. The van der Waals surface area contributed by atoms with Crippen molar-refractivity contribution in [3.05, 3.63) is 36.4 Å². The molecular formula is C28H32N6O3. The van der Waals surface area contributed by atoms with Crippen LogP contribution in [-0.4, -0.2) is 78.8 Å². The van der Waals surface area contributed by atoms with Gasteiger partial charge in [-0.2, -0.15) is 9.97 Å². The molecule has 0 aliphatic carbocycles. The third-order valence-corrected chi connectivity index (χ3v) is 8.19. The van der Waals surface area contributed by atoms with Gasteiger partial charge in [-0.1, -0.05) is 12.1 Å². The Bertz CT molecular complexity index is 1350. The van der Waals surface area contributed by atoms with Gasteiger partial charge in [-0.15, -0.1) is 0 Å². The van der Waals surface area contributed by atoms with Gasteiger partial charge < -0.3 is 29.9 Å². The van der Waals surface area contributed by atoms with Gasteiger partial charge >= 0.3 is 6.01 Å². The minimum Gasteiger partial charge on any atom is -0.482 e. The predicted octanol–water partition coefficient (Wildman–Crippen LogP) is 3.04. The van der Waals surface area contributed by atoms with Gasteiger partial charge in [0.1, 0.15) is 18.2 Å². The second kappa shape index (κ2) is 9.15. The van der Waals surface area contributed by atoms with E-state index in [-0.39, 0.29) is 12.5 Å². The van der Waals surface area contributed by atoms with Crippen molar-refractivity contribution in [1.29, 1.82) is 0 Å². The number of hydrogen-bond acceptors (Lipinski definition) is 8. The van der Waals surface area contributed by atoms with Crippen molar-refractivity contribution < 1.29 is 14.3 Å². The summed E-state index contributed by atoms with van der Waals surface area (Å²) in [5.41, 5.74) is 3.56. The zero-order valence-corrected chi connectivity index (χ0v) is 21.1. The summed E-state index contributed by atoms with van der Waals surface area (Å²) in [4.78, 5) is 26.4. The Labute approximate surface area is 216 Å². The van der Waals surface area contributed by atoms with E-state index >= 15 is 0 Å². The fraction of sp³-hybridized carbons (Fsp3) is 0.464. The molecule has 0 unspecified atom stereocenters. The van der Waals surface area contributed by atoms with E-state index in [1.165, 1.54) is 19.3 Å².